The third-order valence-electron chi connectivity index (χ3n) is 6.49. The highest BCUT2D eigenvalue weighted by Gasteiger charge is 2.37. The minimum Gasteiger partial charge on any atom is -0.497 e. The van der Waals surface area contributed by atoms with Crippen LogP contribution in [0, 0.1) is 0 Å². The Morgan fingerprint density at radius 1 is 0.917 bits per heavy atom. The first kappa shape index (κ1) is 25.0. The van der Waals surface area contributed by atoms with Gasteiger partial charge in [0.2, 0.25) is 0 Å². The first-order valence-corrected chi connectivity index (χ1v) is 11.7. The topological polar surface area (TPSA) is 101 Å². The van der Waals surface area contributed by atoms with Crippen molar-refractivity contribution < 1.29 is 28.6 Å². The number of carbonyl (C=O) groups excluding carboxylic acids is 3. The molecule has 0 spiro atoms. The molecule has 190 valence electrons. The first-order valence-electron chi connectivity index (χ1n) is 11.7. The third kappa shape index (κ3) is 4.84. The van der Waals surface area contributed by atoms with Gasteiger partial charge in [-0.2, -0.15) is 5.10 Å². The number of methoxy groups -OCH3 is 3. The van der Waals surface area contributed by atoms with E-state index in [1.54, 1.807) is 27.4 Å². The lowest BCUT2D eigenvalue weighted by Crippen LogP contribution is -2.56. The molecule has 1 fully saturated rings. The normalized spacial score (nSPS) is 17.8. The molecular formula is C26H30N4O6. The molecule has 0 aliphatic carbocycles. The largest absolute Gasteiger partial charge is 0.497 e. The van der Waals surface area contributed by atoms with Crippen molar-refractivity contribution in [3.8, 4) is 17.2 Å². The summed E-state index contributed by atoms with van der Waals surface area (Å²) in [6, 6.07) is 12.5. The van der Waals surface area contributed by atoms with Gasteiger partial charge in [-0.25, -0.2) is 5.01 Å². The van der Waals surface area contributed by atoms with Gasteiger partial charge in [0.05, 0.1) is 33.1 Å². The maximum atomic E-state index is 13.5. The van der Waals surface area contributed by atoms with Crippen LogP contribution in [0.1, 0.15) is 30.5 Å². The quantitative estimate of drug-likeness (QED) is 0.521. The zero-order chi connectivity index (χ0) is 25.8. The average molecular weight is 495 g/mol. The highest BCUT2D eigenvalue weighted by molar-refractivity contribution is 6.35. The third-order valence-corrected chi connectivity index (χ3v) is 6.49. The zero-order valence-electron chi connectivity index (χ0n) is 20.9. The minimum atomic E-state index is -0.669. The van der Waals surface area contributed by atoms with E-state index >= 15 is 0 Å². The van der Waals surface area contributed by atoms with E-state index in [1.807, 2.05) is 43.3 Å². The summed E-state index contributed by atoms with van der Waals surface area (Å²) in [5.74, 6) is 0.207. The fourth-order valence-electron chi connectivity index (χ4n) is 4.42. The van der Waals surface area contributed by atoms with Gasteiger partial charge in [-0.15, -0.1) is 0 Å². The number of hydrogen-bond acceptors (Lipinski definition) is 7. The highest BCUT2D eigenvalue weighted by atomic mass is 16.5. The predicted octanol–water partition coefficient (Wildman–Crippen LogP) is 2.08. The van der Waals surface area contributed by atoms with Crippen LogP contribution >= 0.6 is 0 Å². The molecule has 0 radical (unpaired) electrons. The van der Waals surface area contributed by atoms with Crippen molar-refractivity contribution in [2.75, 3.05) is 47.5 Å². The van der Waals surface area contributed by atoms with Crippen molar-refractivity contribution in [2.45, 2.75) is 19.4 Å². The second kappa shape index (κ2) is 10.7. The van der Waals surface area contributed by atoms with Crippen molar-refractivity contribution >= 4 is 23.4 Å². The van der Waals surface area contributed by atoms with Crippen LogP contribution in [0.2, 0.25) is 0 Å². The molecule has 1 unspecified atom stereocenters. The van der Waals surface area contributed by atoms with Crippen LogP contribution in [0.3, 0.4) is 0 Å². The summed E-state index contributed by atoms with van der Waals surface area (Å²) < 4.78 is 16.1. The molecule has 0 aromatic heterocycles. The predicted molar refractivity (Wildman–Crippen MR) is 132 cm³/mol. The Kier molecular flexibility index (Phi) is 7.42. The first-order chi connectivity index (χ1) is 17.4. The Bertz CT molecular complexity index is 1180. The fourth-order valence-corrected chi connectivity index (χ4v) is 4.42. The average Bonchev–Trinajstić information content (AvgIpc) is 3.36. The molecule has 0 bridgehead atoms. The van der Waals surface area contributed by atoms with Gasteiger partial charge in [-0.05, 0) is 54.4 Å². The van der Waals surface area contributed by atoms with E-state index < -0.39 is 17.9 Å². The molecule has 10 heteroatoms. The smallest absolute Gasteiger partial charge is 0.312 e. The van der Waals surface area contributed by atoms with E-state index in [0.29, 0.717) is 37.6 Å². The van der Waals surface area contributed by atoms with Gasteiger partial charge in [0.15, 0.2) is 11.5 Å². The van der Waals surface area contributed by atoms with Gasteiger partial charge < -0.3 is 24.0 Å². The summed E-state index contributed by atoms with van der Waals surface area (Å²) in [6.07, 6.45) is 0.462. The maximum Gasteiger partial charge on any atom is 0.312 e. The van der Waals surface area contributed by atoms with E-state index in [9.17, 15) is 14.4 Å². The number of nitrogens with zero attached hydrogens (tertiary/aromatic N) is 4. The molecule has 2 aromatic carbocycles. The Hall–Kier alpha value is -4.08. The van der Waals surface area contributed by atoms with E-state index in [2.05, 4.69) is 5.10 Å². The second-order valence-corrected chi connectivity index (χ2v) is 8.46. The number of ether oxygens (including phenoxy) is 3. The molecule has 36 heavy (non-hydrogen) atoms. The summed E-state index contributed by atoms with van der Waals surface area (Å²) in [5.41, 5.74) is 2.40. The van der Waals surface area contributed by atoms with Crippen LogP contribution in [0.4, 0.5) is 0 Å². The lowest BCUT2D eigenvalue weighted by Gasteiger charge is -2.33. The molecular weight excluding hydrogens is 464 g/mol. The van der Waals surface area contributed by atoms with Crippen LogP contribution < -0.4 is 14.2 Å². The number of likely N-dealkylation sites (N-methyl/N-ethyl adjacent to an activating group) is 1. The maximum absolute atomic E-state index is 13.5. The Morgan fingerprint density at radius 2 is 1.58 bits per heavy atom. The molecule has 3 amide bonds. The molecule has 0 N–H and O–H groups in total. The van der Waals surface area contributed by atoms with Crippen molar-refractivity contribution in [1.82, 2.24) is 14.8 Å². The number of amides is 3. The van der Waals surface area contributed by atoms with Crippen molar-refractivity contribution in [3.63, 3.8) is 0 Å². The molecule has 10 nitrogen and oxygen atoms in total. The van der Waals surface area contributed by atoms with Crippen LogP contribution in [0.25, 0.3) is 0 Å². The molecule has 0 saturated carbocycles. The summed E-state index contributed by atoms with van der Waals surface area (Å²) in [7, 11) is 4.71. The number of piperazine rings is 1. The number of hydrazone groups is 1. The van der Waals surface area contributed by atoms with Gasteiger partial charge in [-0.3, -0.25) is 14.4 Å². The van der Waals surface area contributed by atoms with Crippen molar-refractivity contribution in [3.05, 3.63) is 53.6 Å². The minimum absolute atomic E-state index is 0.231. The standard InChI is InChI=1S/C26H30N4O6/c1-5-28-12-13-29(26(33)25(28)32)16-24(31)30-21(18-8-11-22(35-3)23(14-18)36-4)15-20(27-30)17-6-9-19(34-2)10-7-17/h6-11,14,21H,5,12-13,15-16H2,1-4H3. The van der Waals surface area contributed by atoms with Crippen LogP contribution in [-0.2, 0) is 14.4 Å². The van der Waals surface area contributed by atoms with Crippen LogP contribution in [-0.4, -0.2) is 85.8 Å². The van der Waals surface area contributed by atoms with Gasteiger partial charge >= 0.3 is 11.8 Å². The molecule has 1 saturated heterocycles. The summed E-state index contributed by atoms with van der Waals surface area (Å²) >= 11 is 0. The van der Waals surface area contributed by atoms with E-state index in [0.717, 1.165) is 22.6 Å². The zero-order valence-corrected chi connectivity index (χ0v) is 20.9. The van der Waals surface area contributed by atoms with Gasteiger partial charge in [0.25, 0.3) is 5.91 Å². The Labute approximate surface area is 210 Å². The molecule has 2 heterocycles. The molecule has 2 aromatic rings. The number of hydrogen-bond donors (Lipinski definition) is 0. The number of carbonyl (C=O) groups is 3. The van der Waals surface area contributed by atoms with Crippen molar-refractivity contribution in [2.24, 2.45) is 5.10 Å². The highest BCUT2D eigenvalue weighted by Crippen LogP contribution is 2.37. The van der Waals surface area contributed by atoms with E-state index in [1.165, 1.54) is 14.8 Å². The van der Waals surface area contributed by atoms with Crippen LogP contribution in [0.15, 0.2) is 47.6 Å². The summed E-state index contributed by atoms with van der Waals surface area (Å²) in [4.78, 5) is 41.2. The SMILES string of the molecule is CCN1CCN(CC(=O)N2N=C(c3ccc(OC)cc3)CC2c2ccc(OC)c(OC)c2)C(=O)C1=O. The molecule has 4 rings (SSSR count). The summed E-state index contributed by atoms with van der Waals surface area (Å²) in [6.45, 7) is 2.74. The second-order valence-electron chi connectivity index (χ2n) is 8.46. The lowest BCUT2D eigenvalue weighted by molar-refractivity contribution is -0.157. The Morgan fingerprint density at radius 3 is 2.22 bits per heavy atom. The lowest BCUT2D eigenvalue weighted by atomic mass is 9.98. The van der Waals surface area contributed by atoms with Gasteiger partial charge in [-0.1, -0.05) is 6.07 Å². The fraction of sp³-hybridized carbons (Fsp3) is 0.385. The van der Waals surface area contributed by atoms with E-state index in [-0.39, 0.29) is 12.5 Å². The van der Waals surface area contributed by atoms with Crippen molar-refractivity contribution in [1.29, 1.82) is 0 Å². The number of rotatable bonds is 8. The monoisotopic (exact) mass is 494 g/mol. The summed E-state index contributed by atoms with van der Waals surface area (Å²) in [5, 5.41) is 6.07. The van der Waals surface area contributed by atoms with Gasteiger partial charge in [0, 0.05) is 26.1 Å². The molecule has 2 aliphatic heterocycles. The van der Waals surface area contributed by atoms with E-state index in [4.69, 9.17) is 14.2 Å². The molecule has 1 atom stereocenters. The number of benzene rings is 2. The van der Waals surface area contributed by atoms with Crippen LogP contribution in [0.5, 0.6) is 17.2 Å². The van der Waals surface area contributed by atoms with Gasteiger partial charge in [0.1, 0.15) is 12.3 Å². The Balaban J connectivity index is 1.63. The molecule has 2 aliphatic rings.